The van der Waals surface area contributed by atoms with Gasteiger partial charge in [0.05, 0.1) is 12.2 Å². The number of fused-ring (bicyclic) bond motifs is 1. The van der Waals surface area contributed by atoms with Crippen LogP contribution in [0.1, 0.15) is 28.5 Å². The van der Waals surface area contributed by atoms with E-state index in [4.69, 9.17) is 16.3 Å². The van der Waals surface area contributed by atoms with E-state index in [-0.39, 0.29) is 29.2 Å². The van der Waals surface area contributed by atoms with Gasteiger partial charge in [-0.2, -0.15) is 0 Å². The highest BCUT2D eigenvalue weighted by Gasteiger charge is 2.34. The van der Waals surface area contributed by atoms with Crippen molar-refractivity contribution < 1.29 is 18.7 Å². The number of halogens is 2. The summed E-state index contributed by atoms with van der Waals surface area (Å²) in [7, 11) is 0. The molecule has 0 saturated carbocycles. The number of ether oxygens (including phenoxy) is 1. The maximum absolute atomic E-state index is 14.2. The van der Waals surface area contributed by atoms with Crippen LogP contribution in [0.25, 0.3) is 5.57 Å². The second-order valence-corrected chi connectivity index (χ2v) is 5.52. The highest BCUT2D eigenvalue weighted by molar-refractivity contribution is 6.32. The minimum Gasteiger partial charge on any atom is -0.462 e. The summed E-state index contributed by atoms with van der Waals surface area (Å²) < 4.78 is 19.2. The first-order valence-corrected chi connectivity index (χ1v) is 7.47. The van der Waals surface area contributed by atoms with Crippen molar-refractivity contribution in [1.82, 2.24) is 4.98 Å². The van der Waals surface area contributed by atoms with Gasteiger partial charge in [-0.1, -0.05) is 11.6 Å². The lowest BCUT2D eigenvalue weighted by Crippen LogP contribution is -2.25. The molecule has 23 heavy (non-hydrogen) atoms. The highest BCUT2D eigenvalue weighted by atomic mass is 35.5. The molecule has 0 radical (unpaired) electrons. The number of aromatic amines is 1. The summed E-state index contributed by atoms with van der Waals surface area (Å²) in [6.07, 6.45) is 1.90. The van der Waals surface area contributed by atoms with Crippen LogP contribution in [0.5, 0.6) is 0 Å². The quantitative estimate of drug-likeness (QED) is 0.690. The number of rotatable bonds is 3. The lowest BCUT2D eigenvalue weighted by atomic mass is 9.83. The smallest absolute Gasteiger partial charge is 0.342 e. The van der Waals surface area contributed by atoms with Gasteiger partial charge in [0.2, 0.25) is 5.78 Å². The minimum atomic E-state index is -0.748. The number of carbonyl (C=O) groups excluding carboxylic acids is 2. The number of hydrogen-bond donors (Lipinski definition) is 1. The van der Waals surface area contributed by atoms with Crippen molar-refractivity contribution in [1.29, 1.82) is 0 Å². The fourth-order valence-corrected chi connectivity index (χ4v) is 2.96. The molecule has 1 aliphatic carbocycles. The lowest BCUT2D eigenvalue weighted by Gasteiger charge is -2.21. The topological polar surface area (TPSA) is 59.2 Å². The standard InChI is InChI=1S/C17H13ClFNO3/c1-2-23-17(22)15-11(13-4-3-5-20-13)7-9-6-10(18)8-12(19)14(9)16(15)21/h3-6,8,20H,2,7H2,1H3. The molecule has 118 valence electrons. The van der Waals surface area contributed by atoms with Gasteiger partial charge in [0, 0.05) is 23.3 Å². The summed E-state index contributed by atoms with van der Waals surface area (Å²) in [5.41, 5.74) is 1.30. The van der Waals surface area contributed by atoms with Crippen LogP contribution >= 0.6 is 11.6 Å². The Morgan fingerprint density at radius 3 is 2.87 bits per heavy atom. The fourth-order valence-electron chi connectivity index (χ4n) is 2.73. The third-order valence-corrected chi connectivity index (χ3v) is 3.88. The zero-order chi connectivity index (χ0) is 16.6. The van der Waals surface area contributed by atoms with E-state index in [0.29, 0.717) is 16.8 Å². The molecule has 1 aromatic heterocycles. The Bertz CT molecular complexity index is 825. The Morgan fingerprint density at radius 1 is 1.43 bits per heavy atom. The third-order valence-electron chi connectivity index (χ3n) is 3.66. The molecule has 0 fully saturated rings. The van der Waals surface area contributed by atoms with Crippen molar-refractivity contribution in [3.8, 4) is 0 Å². The van der Waals surface area contributed by atoms with E-state index in [1.807, 2.05) is 0 Å². The van der Waals surface area contributed by atoms with Crippen LogP contribution < -0.4 is 0 Å². The Morgan fingerprint density at radius 2 is 2.22 bits per heavy atom. The van der Waals surface area contributed by atoms with Crippen LogP contribution in [-0.2, 0) is 16.0 Å². The largest absolute Gasteiger partial charge is 0.462 e. The Kier molecular flexibility index (Phi) is 4.05. The normalized spacial score (nSPS) is 14.0. The van der Waals surface area contributed by atoms with E-state index in [1.165, 1.54) is 0 Å². The number of esters is 1. The van der Waals surface area contributed by atoms with Crippen LogP contribution in [0.15, 0.2) is 36.0 Å². The van der Waals surface area contributed by atoms with Gasteiger partial charge in [0.25, 0.3) is 0 Å². The number of allylic oxidation sites excluding steroid dienone is 1. The Hall–Kier alpha value is -2.40. The van der Waals surface area contributed by atoms with E-state index in [0.717, 1.165) is 6.07 Å². The van der Waals surface area contributed by atoms with Crippen molar-refractivity contribution in [2.75, 3.05) is 6.61 Å². The molecule has 0 saturated heterocycles. The average Bonchev–Trinajstić information content (AvgIpc) is 3.00. The van der Waals surface area contributed by atoms with Gasteiger partial charge in [0.15, 0.2) is 0 Å². The Labute approximate surface area is 136 Å². The second kappa shape index (κ2) is 6.01. The maximum Gasteiger partial charge on any atom is 0.342 e. The molecule has 1 aliphatic rings. The molecular weight excluding hydrogens is 321 g/mol. The van der Waals surface area contributed by atoms with E-state index < -0.39 is 17.6 Å². The highest BCUT2D eigenvalue weighted by Crippen LogP contribution is 2.35. The zero-order valence-electron chi connectivity index (χ0n) is 12.3. The molecule has 1 heterocycles. The number of ketones is 1. The van der Waals surface area contributed by atoms with Crippen molar-refractivity contribution in [3.63, 3.8) is 0 Å². The van der Waals surface area contributed by atoms with Gasteiger partial charge < -0.3 is 9.72 Å². The molecule has 0 amide bonds. The maximum atomic E-state index is 14.2. The van der Waals surface area contributed by atoms with E-state index >= 15 is 0 Å². The molecule has 1 aromatic carbocycles. The predicted octanol–water partition coefficient (Wildman–Crippen LogP) is 3.56. The summed E-state index contributed by atoms with van der Waals surface area (Å²) in [5, 5.41) is 0.208. The van der Waals surface area contributed by atoms with E-state index in [9.17, 15) is 14.0 Å². The molecule has 0 unspecified atom stereocenters. The summed E-state index contributed by atoms with van der Waals surface area (Å²) in [5.74, 6) is -2.16. The van der Waals surface area contributed by atoms with Crippen LogP contribution in [0.2, 0.25) is 5.02 Å². The molecule has 0 spiro atoms. The zero-order valence-corrected chi connectivity index (χ0v) is 13.0. The van der Waals surface area contributed by atoms with Gasteiger partial charge >= 0.3 is 5.97 Å². The van der Waals surface area contributed by atoms with E-state index in [2.05, 4.69) is 4.98 Å². The van der Waals surface area contributed by atoms with Gasteiger partial charge in [-0.05, 0) is 42.3 Å². The Balaban J connectivity index is 2.21. The van der Waals surface area contributed by atoms with Crippen LogP contribution in [0.3, 0.4) is 0 Å². The SMILES string of the molecule is CCOC(=O)C1=C(c2ccc[nH]2)Cc2cc(Cl)cc(F)c2C1=O. The predicted molar refractivity (Wildman–Crippen MR) is 83.8 cm³/mol. The summed E-state index contributed by atoms with van der Waals surface area (Å²) >= 11 is 5.88. The average molecular weight is 334 g/mol. The molecule has 1 N–H and O–H groups in total. The van der Waals surface area contributed by atoms with Crippen molar-refractivity contribution in [2.45, 2.75) is 13.3 Å². The van der Waals surface area contributed by atoms with Crippen molar-refractivity contribution >= 4 is 28.9 Å². The van der Waals surface area contributed by atoms with Gasteiger partial charge in [-0.3, -0.25) is 4.79 Å². The number of carbonyl (C=O) groups is 2. The molecule has 0 bridgehead atoms. The van der Waals surface area contributed by atoms with E-state index in [1.54, 1.807) is 31.3 Å². The third kappa shape index (κ3) is 2.68. The number of aromatic nitrogens is 1. The second-order valence-electron chi connectivity index (χ2n) is 5.09. The number of hydrogen-bond acceptors (Lipinski definition) is 3. The monoisotopic (exact) mass is 333 g/mol. The summed E-state index contributed by atoms with van der Waals surface area (Å²) in [6.45, 7) is 1.78. The molecule has 0 aliphatic heterocycles. The van der Waals surface area contributed by atoms with Crippen LogP contribution in [-0.4, -0.2) is 23.3 Å². The number of benzene rings is 1. The molecule has 0 atom stereocenters. The minimum absolute atomic E-state index is 0.118. The molecule has 3 rings (SSSR count). The fraction of sp³-hybridized carbons (Fsp3) is 0.176. The first-order valence-electron chi connectivity index (χ1n) is 7.09. The first-order chi connectivity index (χ1) is 11.0. The molecule has 6 heteroatoms. The number of nitrogens with one attached hydrogen (secondary N) is 1. The van der Waals surface area contributed by atoms with Crippen molar-refractivity contribution in [2.24, 2.45) is 0 Å². The van der Waals surface area contributed by atoms with Gasteiger partial charge in [-0.15, -0.1) is 0 Å². The van der Waals surface area contributed by atoms with Crippen LogP contribution in [0.4, 0.5) is 4.39 Å². The van der Waals surface area contributed by atoms with Gasteiger partial charge in [-0.25, -0.2) is 9.18 Å². The first kappa shape index (κ1) is 15.5. The lowest BCUT2D eigenvalue weighted by molar-refractivity contribution is -0.138. The number of H-pyrrole nitrogens is 1. The number of Topliss-reactive ketones (excluding diaryl/α,β-unsaturated/α-hetero) is 1. The molecule has 4 nitrogen and oxygen atoms in total. The molecule has 2 aromatic rings. The summed E-state index contributed by atoms with van der Waals surface area (Å²) in [6, 6.07) is 6.11. The summed E-state index contributed by atoms with van der Waals surface area (Å²) in [4.78, 5) is 27.9. The molecular formula is C17H13ClFNO3. The van der Waals surface area contributed by atoms with Gasteiger partial charge in [0.1, 0.15) is 11.4 Å². The van der Waals surface area contributed by atoms with Crippen molar-refractivity contribution in [3.05, 3.63) is 63.7 Å². The van der Waals surface area contributed by atoms with Crippen LogP contribution in [0, 0.1) is 5.82 Å².